The van der Waals surface area contributed by atoms with Crippen LogP contribution < -0.4 is 5.32 Å². The summed E-state index contributed by atoms with van der Waals surface area (Å²) in [4.78, 5) is 19.3. The molecule has 0 saturated carbocycles. The Kier molecular flexibility index (Phi) is 7.46. The number of benzene rings is 1. The van der Waals surface area contributed by atoms with Crippen LogP contribution in [0.2, 0.25) is 5.02 Å². The number of carbonyl (C=O) groups excluding carboxylic acids is 1. The van der Waals surface area contributed by atoms with E-state index in [0.29, 0.717) is 25.3 Å². The van der Waals surface area contributed by atoms with E-state index in [0.717, 1.165) is 65.8 Å². The van der Waals surface area contributed by atoms with E-state index in [1.807, 2.05) is 29.6 Å². The molecule has 1 fully saturated rings. The minimum absolute atomic E-state index is 0.0273. The third-order valence-electron chi connectivity index (χ3n) is 6.53. The van der Waals surface area contributed by atoms with Crippen LogP contribution in [0, 0.1) is 13.8 Å². The Labute approximate surface area is 200 Å². The lowest BCUT2D eigenvalue weighted by atomic mass is 9.93. The number of hydrogen-bond donors (Lipinski definition) is 1. The maximum absolute atomic E-state index is 12.0. The summed E-state index contributed by atoms with van der Waals surface area (Å²) in [6, 6.07) is 10.3. The molecule has 2 aromatic heterocycles. The van der Waals surface area contributed by atoms with Gasteiger partial charge in [0.2, 0.25) is 5.91 Å². The molecule has 1 saturated heterocycles. The van der Waals surface area contributed by atoms with Crippen molar-refractivity contribution in [3.8, 4) is 0 Å². The molecular formula is C26H32ClN5O. The van der Waals surface area contributed by atoms with E-state index in [1.165, 1.54) is 5.56 Å². The van der Waals surface area contributed by atoms with Crippen molar-refractivity contribution in [3.05, 3.63) is 76.2 Å². The number of fused-ring (bicyclic) bond motifs is 1. The van der Waals surface area contributed by atoms with Gasteiger partial charge >= 0.3 is 0 Å². The lowest BCUT2D eigenvalue weighted by Gasteiger charge is -2.31. The number of likely N-dealkylation sites (tertiary alicyclic amines) is 1. The molecule has 174 valence electrons. The molecule has 1 N–H and O–H groups in total. The monoisotopic (exact) mass is 465 g/mol. The molecule has 1 aromatic carbocycles. The van der Waals surface area contributed by atoms with E-state index < -0.39 is 0 Å². The number of halogens is 1. The van der Waals surface area contributed by atoms with Crippen LogP contribution in [-0.2, 0) is 17.8 Å². The molecule has 33 heavy (non-hydrogen) atoms. The summed E-state index contributed by atoms with van der Waals surface area (Å²) in [5, 5.41) is 8.57. The fourth-order valence-corrected chi connectivity index (χ4v) is 4.91. The smallest absolute Gasteiger partial charge is 0.220 e. The van der Waals surface area contributed by atoms with Crippen LogP contribution in [0.25, 0.3) is 5.65 Å². The van der Waals surface area contributed by atoms with Crippen LogP contribution in [0.3, 0.4) is 0 Å². The molecule has 1 aliphatic rings. The van der Waals surface area contributed by atoms with Crippen LogP contribution in [0.4, 0.5) is 0 Å². The zero-order valence-electron chi connectivity index (χ0n) is 19.5. The van der Waals surface area contributed by atoms with Crippen molar-refractivity contribution in [1.82, 2.24) is 24.8 Å². The first kappa shape index (κ1) is 23.5. The second-order valence-corrected chi connectivity index (χ2v) is 9.31. The van der Waals surface area contributed by atoms with Gasteiger partial charge in [0.1, 0.15) is 0 Å². The lowest BCUT2D eigenvalue weighted by Crippen LogP contribution is -2.32. The molecule has 7 heteroatoms. The highest BCUT2D eigenvalue weighted by molar-refractivity contribution is 6.30. The molecule has 3 heterocycles. The summed E-state index contributed by atoms with van der Waals surface area (Å²) in [5.74, 6) is 0.467. The van der Waals surface area contributed by atoms with Crippen molar-refractivity contribution in [1.29, 1.82) is 0 Å². The van der Waals surface area contributed by atoms with Gasteiger partial charge in [-0.25, -0.2) is 9.50 Å². The Morgan fingerprint density at radius 1 is 1.27 bits per heavy atom. The minimum atomic E-state index is 0.0273. The zero-order chi connectivity index (χ0) is 23.4. The Bertz CT molecular complexity index is 1150. The van der Waals surface area contributed by atoms with Crippen molar-refractivity contribution < 1.29 is 4.79 Å². The van der Waals surface area contributed by atoms with Gasteiger partial charge in [-0.3, -0.25) is 9.69 Å². The number of hydrogen-bond acceptors (Lipinski definition) is 4. The van der Waals surface area contributed by atoms with Crippen molar-refractivity contribution in [2.45, 2.75) is 52.0 Å². The molecule has 0 atom stereocenters. The largest absolute Gasteiger partial charge is 0.353 e. The highest BCUT2D eigenvalue weighted by atomic mass is 35.5. The van der Waals surface area contributed by atoms with Crippen LogP contribution in [0.15, 0.2) is 43.0 Å². The number of nitrogens with zero attached hydrogens (tertiary/aromatic N) is 4. The molecule has 1 amide bonds. The van der Waals surface area contributed by atoms with Crippen LogP contribution >= 0.6 is 11.6 Å². The summed E-state index contributed by atoms with van der Waals surface area (Å²) in [6.07, 6.45) is 4.94. The molecule has 0 spiro atoms. The van der Waals surface area contributed by atoms with E-state index in [9.17, 15) is 4.79 Å². The quantitative estimate of drug-likeness (QED) is 0.493. The minimum Gasteiger partial charge on any atom is -0.353 e. The highest BCUT2D eigenvalue weighted by Gasteiger charge is 2.24. The van der Waals surface area contributed by atoms with Gasteiger partial charge in [0.05, 0.1) is 5.69 Å². The number of aromatic nitrogens is 3. The van der Waals surface area contributed by atoms with Crippen LogP contribution in [0.1, 0.15) is 53.4 Å². The Morgan fingerprint density at radius 2 is 2.06 bits per heavy atom. The van der Waals surface area contributed by atoms with E-state index in [1.54, 1.807) is 6.08 Å². The molecular weight excluding hydrogens is 434 g/mol. The second kappa shape index (κ2) is 10.5. The van der Waals surface area contributed by atoms with Gasteiger partial charge in [0, 0.05) is 47.9 Å². The van der Waals surface area contributed by atoms with Crippen molar-refractivity contribution in [2.24, 2.45) is 0 Å². The number of piperidine rings is 1. The molecule has 6 nitrogen and oxygen atoms in total. The van der Waals surface area contributed by atoms with Gasteiger partial charge in [0.25, 0.3) is 0 Å². The van der Waals surface area contributed by atoms with E-state index in [2.05, 4.69) is 35.9 Å². The molecule has 4 rings (SSSR count). The Balaban J connectivity index is 1.42. The zero-order valence-corrected chi connectivity index (χ0v) is 20.2. The third kappa shape index (κ3) is 5.63. The van der Waals surface area contributed by atoms with Crippen molar-refractivity contribution in [3.63, 3.8) is 0 Å². The average molecular weight is 466 g/mol. The molecule has 0 unspecified atom stereocenters. The number of aryl methyl sites for hydroxylation is 2. The number of amides is 1. The number of rotatable bonds is 8. The van der Waals surface area contributed by atoms with Gasteiger partial charge < -0.3 is 5.32 Å². The predicted octanol–water partition coefficient (Wildman–Crippen LogP) is 4.61. The van der Waals surface area contributed by atoms with Crippen LogP contribution in [-0.4, -0.2) is 45.0 Å². The fraction of sp³-hybridized carbons (Fsp3) is 0.423. The van der Waals surface area contributed by atoms with Crippen molar-refractivity contribution in [2.75, 3.05) is 19.6 Å². The first-order valence-corrected chi connectivity index (χ1v) is 12.0. The maximum Gasteiger partial charge on any atom is 0.220 e. The first-order chi connectivity index (χ1) is 15.9. The highest BCUT2D eigenvalue weighted by Crippen LogP contribution is 2.29. The summed E-state index contributed by atoms with van der Waals surface area (Å²) < 4.78 is 1.96. The van der Waals surface area contributed by atoms with E-state index in [-0.39, 0.29) is 5.91 Å². The Morgan fingerprint density at radius 3 is 2.79 bits per heavy atom. The van der Waals surface area contributed by atoms with Crippen LogP contribution in [0.5, 0.6) is 0 Å². The normalized spacial score (nSPS) is 15.1. The van der Waals surface area contributed by atoms with Gasteiger partial charge in [-0.1, -0.05) is 29.8 Å². The van der Waals surface area contributed by atoms with Gasteiger partial charge in [0.15, 0.2) is 5.65 Å². The fourth-order valence-electron chi connectivity index (χ4n) is 4.70. The summed E-state index contributed by atoms with van der Waals surface area (Å²) in [6.45, 7) is 11.2. The summed E-state index contributed by atoms with van der Waals surface area (Å²) >= 11 is 6.14. The van der Waals surface area contributed by atoms with Crippen molar-refractivity contribution >= 4 is 23.2 Å². The number of carbonyl (C=O) groups is 1. The SMILES string of the molecule is C=CCNC(=O)CCc1c(C)nc2cc(C3CCN(Cc4cccc(Cl)c4)CC3)nn2c1C. The van der Waals surface area contributed by atoms with Gasteiger partial charge in [-0.05, 0) is 69.5 Å². The first-order valence-electron chi connectivity index (χ1n) is 11.6. The van der Waals surface area contributed by atoms with Gasteiger partial charge in [-0.2, -0.15) is 5.10 Å². The molecule has 1 aliphatic heterocycles. The predicted molar refractivity (Wildman–Crippen MR) is 133 cm³/mol. The lowest BCUT2D eigenvalue weighted by molar-refractivity contribution is -0.120. The molecule has 0 aliphatic carbocycles. The standard InChI is InChI=1S/C26H32ClN5O/c1-4-12-28-26(33)9-8-23-18(2)29-25-16-24(30-32(25)19(23)3)21-10-13-31(14-11-21)17-20-6-5-7-22(27)15-20/h4-7,15-16,21H,1,8-14,17H2,2-3H3,(H,28,33). The molecule has 0 bridgehead atoms. The van der Waals surface area contributed by atoms with E-state index >= 15 is 0 Å². The molecule has 0 radical (unpaired) electrons. The third-order valence-corrected chi connectivity index (χ3v) is 6.76. The van der Waals surface area contributed by atoms with E-state index in [4.69, 9.17) is 21.7 Å². The number of nitrogens with one attached hydrogen (secondary N) is 1. The average Bonchev–Trinajstić information content (AvgIpc) is 3.22. The summed E-state index contributed by atoms with van der Waals surface area (Å²) in [5.41, 5.74) is 6.41. The van der Waals surface area contributed by atoms with Gasteiger partial charge in [-0.15, -0.1) is 6.58 Å². The Hall–Kier alpha value is -2.70. The summed E-state index contributed by atoms with van der Waals surface area (Å²) in [7, 11) is 0. The molecule has 3 aromatic rings. The maximum atomic E-state index is 12.0. The topological polar surface area (TPSA) is 62.5 Å². The second-order valence-electron chi connectivity index (χ2n) is 8.87.